The highest BCUT2D eigenvalue weighted by Crippen LogP contribution is 2.52. The van der Waals surface area contributed by atoms with E-state index in [2.05, 4.69) is 14.1 Å². The van der Waals surface area contributed by atoms with Gasteiger partial charge in [-0.05, 0) is 52.6 Å². The van der Waals surface area contributed by atoms with Gasteiger partial charge in [0.25, 0.3) is 0 Å². The molecule has 18 nitrogen and oxygen atoms in total. The number of likely N-dealkylation sites (N-methyl/N-ethyl adjacent to an activating group) is 2. The second-order valence-corrected chi connectivity index (χ2v) is 18.7. The van der Waals surface area contributed by atoms with Gasteiger partial charge in [-0.3, -0.25) is 0 Å². The van der Waals surface area contributed by atoms with E-state index in [1.54, 1.807) is 35.5 Å². The second kappa shape index (κ2) is 25.1. The van der Waals surface area contributed by atoms with Gasteiger partial charge in [-0.25, -0.2) is 9.59 Å². The van der Waals surface area contributed by atoms with Crippen LogP contribution in [0.4, 0.5) is 0 Å². The fraction of sp³-hybridized carbons (Fsp3) is 0.491. The molecule has 0 saturated heterocycles. The van der Waals surface area contributed by atoms with Gasteiger partial charge in [-0.2, -0.15) is 0 Å². The van der Waals surface area contributed by atoms with Crippen molar-refractivity contribution in [3.8, 4) is 46.0 Å². The van der Waals surface area contributed by atoms with Gasteiger partial charge in [-0.1, -0.05) is 6.07 Å². The molecule has 73 heavy (non-hydrogen) atoms. The zero-order chi connectivity index (χ0) is 53.0. The molecule has 18 heteroatoms. The van der Waals surface area contributed by atoms with Crippen molar-refractivity contribution in [3.05, 3.63) is 104 Å². The molecule has 0 spiro atoms. The van der Waals surface area contributed by atoms with E-state index in [9.17, 15) is 30.0 Å². The minimum atomic E-state index is -0.688. The molecule has 2 aliphatic heterocycles. The molecular formula is C55H74N2O16+2. The van der Waals surface area contributed by atoms with Crippen molar-refractivity contribution < 1.29 is 86.3 Å². The molecule has 0 saturated carbocycles. The molecule has 4 aromatic rings. The molecule has 2 aliphatic rings. The van der Waals surface area contributed by atoms with E-state index in [0.29, 0.717) is 123 Å². The van der Waals surface area contributed by atoms with Crippen LogP contribution in [0.15, 0.2) is 48.6 Å². The summed E-state index contributed by atoms with van der Waals surface area (Å²) in [5.41, 5.74) is 7.80. The van der Waals surface area contributed by atoms with Gasteiger partial charge in [0.2, 0.25) is 5.75 Å². The summed E-state index contributed by atoms with van der Waals surface area (Å²) in [6.45, 7) is 1.61. The molecule has 4 aromatic carbocycles. The van der Waals surface area contributed by atoms with Crippen LogP contribution in [0.3, 0.4) is 0 Å². The Kier molecular flexibility index (Phi) is 19.3. The molecule has 0 bridgehead atoms. The van der Waals surface area contributed by atoms with Crippen LogP contribution in [0.1, 0.15) is 80.6 Å². The van der Waals surface area contributed by atoms with Crippen molar-refractivity contribution in [2.75, 3.05) is 110 Å². The summed E-state index contributed by atoms with van der Waals surface area (Å²) in [6, 6.07) is 11.0. The Hall–Kier alpha value is -6.28. The predicted molar refractivity (Wildman–Crippen MR) is 270 cm³/mol. The van der Waals surface area contributed by atoms with Crippen molar-refractivity contribution in [3.63, 3.8) is 0 Å². The molecule has 2 heterocycles. The Morgan fingerprint density at radius 3 is 1.55 bits per heavy atom. The number of benzene rings is 4. The van der Waals surface area contributed by atoms with Gasteiger partial charge in [0, 0.05) is 66.5 Å². The van der Waals surface area contributed by atoms with Crippen LogP contribution < -0.4 is 37.9 Å². The maximum atomic E-state index is 13.0. The van der Waals surface area contributed by atoms with Gasteiger partial charge in [-0.15, -0.1) is 0 Å². The minimum absolute atomic E-state index is 0.0663. The average molecular weight is 1020 g/mol. The van der Waals surface area contributed by atoms with Crippen LogP contribution in [0, 0.1) is 0 Å². The van der Waals surface area contributed by atoms with E-state index in [0.717, 1.165) is 58.5 Å². The van der Waals surface area contributed by atoms with Crippen molar-refractivity contribution in [2.45, 2.75) is 70.6 Å². The van der Waals surface area contributed by atoms with Gasteiger partial charge in [0.05, 0.1) is 148 Å². The first-order valence-electron chi connectivity index (χ1n) is 24.4. The summed E-state index contributed by atoms with van der Waals surface area (Å²) in [4.78, 5) is 25.9. The van der Waals surface area contributed by atoms with Crippen LogP contribution in [0.2, 0.25) is 0 Å². The fourth-order valence-electron chi connectivity index (χ4n) is 11.0. The zero-order valence-corrected chi connectivity index (χ0v) is 44.0. The largest absolute Gasteiger partial charge is 0.496 e. The Bertz CT molecular complexity index is 2570. The second-order valence-electron chi connectivity index (χ2n) is 18.7. The first-order chi connectivity index (χ1) is 35.2. The molecule has 4 atom stereocenters. The number of hydrogen-bond acceptors (Lipinski definition) is 16. The lowest BCUT2D eigenvalue weighted by Gasteiger charge is -2.47. The number of aliphatic hydroxyl groups is 4. The van der Waals surface area contributed by atoms with Crippen LogP contribution >= 0.6 is 0 Å². The Balaban J connectivity index is 1.12. The van der Waals surface area contributed by atoms with Crippen molar-refractivity contribution >= 4 is 11.9 Å². The maximum Gasteiger partial charge on any atom is 0.331 e. The van der Waals surface area contributed by atoms with E-state index in [-0.39, 0.29) is 51.7 Å². The molecule has 0 amide bonds. The summed E-state index contributed by atoms with van der Waals surface area (Å²) in [6.07, 6.45) is 5.02. The number of methoxy groups -OCH3 is 8. The Morgan fingerprint density at radius 2 is 1.03 bits per heavy atom. The number of fused-ring (bicyclic) bond motifs is 2. The summed E-state index contributed by atoms with van der Waals surface area (Å²) >= 11 is 0. The molecule has 0 aromatic heterocycles. The van der Waals surface area contributed by atoms with E-state index in [4.69, 9.17) is 47.4 Å². The molecule has 398 valence electrons. The van der Waals surface area contributed by atoms with Crippen molar-refractivity contribution in [1.82, 2.24) is 0 Å². The third kappa shape index (κ3) is 11.7. The molecule has 0 aliphatic carbocycles. The van der Waals surface area contributed by atoms with E-state index in [1.165, 1.54) is 21.3 Å². The average Bonchev–Trinajstić information content (AvgIpc) is 3.41. The summed E-state index contributed by atoms with van der Waals surface area (Å²) in [5.74, 6) is 2.60. The first-order valence-corrected chi connectivity index (χ1v) is 24.4. The van der Waals surface area contributed by atoms with Gasteiger partial charge < -0.3 is 76.8 Å². The number of nitrogens with zero attached hydrogens (tertiary/aromatic N) is 2. The van der Waals surface area contributed by atoms with Crippen molar-refractivity contribution in [2.24, 2.45) is 0 Å². The van der Waals surface area contributed by atoms with Crippen LogP contribution in [-0.2, 0) is 64.8 Å². The van der Waals surface area contributed by atoms with Crippen molar-refractivity contribution in [1.29, 1.82) is 0 Å². The highest BCUT2D eigenvalue weighted by Gasteiger charge is 2.45. The molecular weight excluding hydrogens is 945 g/mol. The topological polar surface area (TPSA) is 207 Å². The maximum absolute atomic E-state index is 13.0. The first kappa shape index (κ1) is 56.0. The monoisotopic (exact) mass is 1020 g/mol. The van der Waals surface area contributed by atoms with E-state index >= 15 is 0 Å². The highest BCUT2D eigenvalue weighted by atomic mass is 16.5. The van der Waals surface area contributed by atoms with Crippen LogP contribution in [-0.4, -0.2) is 152 Å². The lowest BCUT2D eigenvalue weighted by Crippen LogP contribution is -2.53. The number of rotatable bonds is 25. The number of ether oxygens (including phenoxy) is 10. The molecule has 4 unspecified atom stereocenters. The molecule has 0 radical (unpaired) electrons. The SMILES string of the molecule is COc1cc(CC2c3c(cc(OC)c(OC)c3OC)CC[N+]2(C)CCCOC(=O)/C=C/C(=O)OCCC[N+]2(C)CCc3cc(CO)c(CO)c(OC)c3C2c2cc(CO)c(OC)c(OC)c2)cc(CO)c1OC. The number of aliphatic hydroxyl groups excluding tert-OH is 4. The standard InChI is InChI=1S/C55H74N2O16/c1-56(19-15-36-28-45(66-5)54(70-9)55(71-10)48(36)42(56)24-34-23-39(31-59)51(67-6)43(25-34)64-3)17-11-21-72-46(62)13-14-47(63)73-22-12-18-57(2)20-16-35-26-38(30-58)41(33-61)53(69-8)49(35)50(57)37-27-40(32-60)52(68-7)44(29-37)65-4/h13-14,23,25-29,42,50,58-61H,11-12,15-22,24,30-33H2,1-10H3/q+2/b14-13+. The van der Waals surface area contributed by atoms with Crippen LogP contribution in [0.5, 0.6) is 46.0 Å². The van der Waals surface area contributed by atoms with Crippen LogP contribution in [0.25, 0.3) is 0 Å². The molecule has 4 N–H and O–H groups in total. The Morgan fingerprint density at radius 1 is 0.534 bits per heavy atom. The van der Waals surface area contributed by atoms with Gasteiger partial charge >= 0.3 is 11.9 Å². The third-order valence-electron chi connectivity index (χ3n) is 14.6. The normalized spacial score (nSPS) is 19.1. The van der Waals surface area contributed by atoms with Gasteiger partial charge in [0.15, 0.2) is 34.5 Å². The summed E-state index contributed by atoms with van der Waals surface area (Å²) in [7, 11) is 16.8. The quantitative estimate of drug-likeness (QED) is 0.0290. The predicted octanol–water partition coefficient (Wildman–Crippen LogP) is 5.23. The minimum Gasteiger partial charge on any atom is -0.496 e. The number of hydrogen-bond donors (Lipinski definition) is 4. The number of esters is 2. The number of carbonyl (C=O) groups is 2. The lowest BCUT2D eigenvalue weighted by molar-refractivity contribution is -0.941. The zero-order valence-electron chi connectivity index (χ0n) is 44.0. The summed E-state index contributed by atoms with van der Waals surface area (Å²) in [5, 5.41) is 41.4. The number of quaternary nitrogens is 2. The molecule has 0 fully saturated rings. The lowest BCUT2D eigenvalue weighted by atomic mass is 9.82. The summed E-state index contributed by atoms with van der Waals surface area (Å²) < 4.78 is 58.4. The smallest absolute Gasteiger partial charge is 0.331 e. The van der Waals surface area contributed by atoms with E-state index < -0.39 is 11.9 Å². The van der Waals surface area contributed by atoms with E-state index in [1.807, 2.05) is 36.4 Å². The fourth-order valence-corrected chi connectivity index (χ4v) is 11.0. The Labute approximate surface area is 428 Å². The number of carbonyl (C=O) groups excluding carboxylic acids is 2. The third-order valence-corrected chi connectivity index (χ3v) is 14.6. The highest BCUT2D eigenvalue weighted by molar-refractivity contribution is 5.91. The molecule has 6 rings (SSSR count). The van der Waals surface area contributed by atoms with Gasteiger partial charge in [0.1, 0.15) is 17.8 Å².